The zero-order valence-corrected chi connectivity index (χ0v) is 10.2. The number of hydrogen-bond acceptors (Lipinski definition) is 5. The standard InChI is InChI=1S/C13H16N4O/c14-11-8-10(13-16-15-9-18-13)4-5-12(11)17-6-2-1-3-7-17/h4-5,8-9H,1-3,6-7,14H2. The fraction of sp³-hybridized carbons (Fsp3) is 0.385. The van der Waals surface area contributed by atoms with E-state index in [1.54, 1.807) is 0 Å². The van der Waals surface area contributed by atoms with Gasteiger partial charge in [-0.2, -0.15) is 0 Å². The Morgan fingerprint density at radius 1 is 1.17 bits per heavy atom. The zero-order valence-electron chi connectivity index (χ0n) is 10.2. The predicted octanol–water partition coefficient (Wildman–Crippen LogP) is 2.31. The fourth-order valence-corrected chi connectivity index (χ4v) is 2.41. The largest absolute Gasteiger partial charge is 0.423 e. The topological polar surface area (TPSA) is 68.2 Å². The first-order valence-electron chi connectivity index (χ1n) is 6.25. The van der Waals surface area contributed by atoms with E-state index >= 15 is 0 Å². The molecule has 1 fully saturated rings. The van der Waals surface area contributed by atoms with Crippen molar-refractivity contribution in [2.75, 3.05) is 23.7 Å². The molecule has 0 saturated carbocycles. The second kappa shape index (κ2) is 4.68. The van der Waals surface area contributed by atoms with Gasteiger partial charge in [0, 0.05) is 18.7 Å². The highest BCUT2D eigenvalue weighted by Gasteiger charge is 2.14. The van der Waals surface area contributed by atoms with Crippen molar-refractivity contribution in [2.24, 2.45) is 0 Å². The van der Waals surface area contributed by atoms with Crippen LogP contribution < -0.4 is 10.6 Å². The van der Waals surface area contributed by atoms with Crippen molar-refractivity contribution >= 4 is 11.4 Å². The number of hydrogen-bond donors (Lipinski definition) is 1. The van der Waals surface area contributed by atoms with E-state index in [2.05, 4.69) is 15.1 Å². The third-order valence-corrected chi connectivity index (χ3v) is 3.33. The zero-order chi connectivity index (χ0) is 12.4. The maximum absolute atomic E-state index is 6.13. The molecule has 0 atom stereocenters. The molecule has 0 unspecified atom stereocenters. The van der Waals surface area contributed by atoms with Gasteiger partial charge in [0.15, 0.2) is 0 Å². The number of nitrogen functional groups attached to an aromatic ring is 1. The van der Waals surface area contributed by atoms with E-state index in [9.17, 15) is 0 Å². The first-order valence-corrected chi connectivity index (χ1v) is 6.25. The molecule has 1 saturated heterocycles. The molecular weight excluding hydrogens is 228 g/mol. The monoisotopic (exact) mass is 244 g/mol. The van der Waals surface area contributed by atoms with Crippen LogP contribution in [-0.4, -0.2) is 23.3 Å². The molecular formula is C13H16N4O. The number of aromatic nitrogens is 2. The first-order chi connectivity index (χ1) is 8.84. The predicted molar refractivity (Wildman–Crippen MR) is 70.2 cm³/mol. The minimum absolute atomic E-state index is 0.506. The number of rotatable bonds is 2. The molecule has 1 aromatic carbocycles. The van der Waals surface area contributed by atoms with Crippen LogP contribution >= 0.6 is 0 Å². The number of benzene rings is 1. The lowest BCUT2D eigenvalue weighted by atomic mass is 10.1. The average Bonchev–Trinajstić information content (AvgIpc) is 2.93. The van der Waals surface area contributed by atoms with Crippen LogP contribution in [0.5, 0.6) is 0 Å². The number of nitrogens with two attached hydrogens (primary N) is 1. The van der Waals surface area contributed by atoms with Gasteiger partial charge >= 0.3 is 0 Å². The van der Waals surface area contributed by atoms with Crippen molar-refractivity contribution in [3.63, 3.8) is 0 Å². The number of piperidine rings is 1. The van der Waals surface area contributed by atoms with E-state index in [4.69, 9.17) is 10.2 Å². The molecule has 2 heterocycles. The van der Waals surface area contributed by atoms with Gasteiger partial charge in [-0.05, 0) is 37.5 Å². The Kier molecular flexibility index (Phi) is 2.88. The molecule has 0 bridgehead atoms. The van der Waals surface area contributed by atoms with Gasteiger partial charge in [0.05, 0.1) is 11.4 Å². The fourth-order valence-electron chi connectivity index (χ4n) is 2.41. The minimum atomic E-state index is 0.506. The van der Waals surface area contributed by atoms with Crippen LogP contribution in [0.2, 0.25) is 0 Å². The second-order valence-corrected chi connectivity index (χ2v) is 4.57. The second-order valence-electron chi connectivity index (χ2n) is 4.57. The average molecular weight is 244 g/mol. The molecule has 0 amide bonds. The van der Waals surface area contributed by atoms with Gasteiger partial charge in [-0.15, -0.1) is 10.2 Å². The van der Waals surface area contributed by atoms with Gasteiger partial charge < -0.3 is 15.1 Å². The van der Waals surface area contributed by atoms with Crippen LogP contribution in [0.4, 0.5) is 11.4 Å². The highest BCUT2D eigenvalue weighted by molar-refractivity contribution is 5.74. The summed E-state index contributed by atoms with van der Waals surface area (Å²) in [5, 5.41) is 7.56. The highest BCUT2D eigenvalue weighted by atomic mass is 16.4. The summed E-state index contributed by atoms with van der Waals surface area (Å²) in [6, 6.07) is 5.92. The van der Waals surface area contributed by atoms with Crippen molar-refractivity contribution in [1.82, 2.24) is 10.2 Å². The Hall–Kier alpha value is -2.04. The lowest BCUT2D eigenvalue weighted by Gasteiger charge is -2.29. The number of nitrogens with zero attached hydrogens (tertiary/aromatic N) is 3. The summed E-state index contributed by atoms with van der Waals surface area (Å²) in [4.78, 5) is 2.34. The van der Waals surface area contributed by atoms with Gasteiger partial charge in [0.2, 0.25) is 12.3 Å². The SMILES string of the molecule is Nc1cc(-c2nnco2)ccc1N1CCCCC1. The van der Waals surface area contributed by atoms with Gasteiger partial charge in [-0.3, -0.25) is 0 Å². The lowest BCUT2D eigenvalue weighted by molar-refractivity contribution is 0.568. The van der Waals surface area contributed by atoms with Crippen molar-refractivity contribution in [2.45, 2.75) is 19.3 Å². The van der Waals surface area contributed by atoms with Crippen LogP contribution in [0.25, 0.3) is 11.5 Å². The first kappa shape index (κ1) is 11.1. The Balaban J connectivity index is 1.89. The number of anilines is 2. The summed E-state index contributed by atoms with van der Waals surface area (Å²) >= 11 is 0. The Morgan fingerprint density at radius 3 is 2.67 bits per heavy atom. The molecule has 0 spiro atoms. The summed E-state index contributed by atoms with van der Waals surface area (Å²) in [6.45, 7) is 2.17. The van der Waals surface area contributed by atoms with Crippen molar-refractivity contribution in [3.8, 4) is 11.5 Å². The van der Waals surface area contributed by atoms with E-state index in [0.29, 0.717) is 5.89 Å². The lowest BCUT2D eigenvalue weighted by Crippen LogP contribution is -2.29. The molecule has 2 N–H and O–H groups in total. The molecule has 2 aromatic rings. The minimum Gasteiger partial charge on any atom is -0.423 e. The molecule has 3 rings (SSSR count). The molecule has 94 valence electrons. The van der Waals surface area contributed by atoms with E-state index < -0.39 is 0 Å². The molecule has 1 aliphatic heterocycles. The van der Waals surface area contributed by atoms with E-state index in [1.165, 1.54) is 25.7 Å². The third-order valence-electron chi connectivity index (χ3n) is 3.33. The maximum atomic E-state index is 6.13. The Labute approximate surface area is 106 Å². The molecule has 1 aromatic heterocycles. The molecule has 0 aliphatic carbocycles. The van der Waals surface area contributed by atoms with Gasteiger partial charge in [-0.1, -0.05) is 0 Å². The molecule has 5 heteroatoms. The molecule has 18 heavy (non-hydrogen) atoms. The summed E-state index contributed by atoms with van der Waals surface area (Å²) in [7, 11) is 0. The molecule has 0 radical (unpaired) electrons. The van der Waals surface area contributed by atoms with Gasteiger partial charge in [0.1, 0.15) is 0 Å². The maximum Gasteiger partial charge on any atom is 0.247 e. The van der Waals surface area contributed by atoms with Crippen LogP contribution in [0.3, 0.4) is 0 Å². The van der Waals surface area contributed by atoms with Crippen LogP contribution in [0.15, 0.2) is 29.0 Å². The van der Waals surface area contributed by atoms with Crippen LogP contribution in [0, 0.1) is 0 Å². The summed E-state index contributed by atoms with van der Waals surface area (Å²) < 4.78 is 5.17. The molecule has 1 aliphatic rings. The summed E-state index contributed by atoms with van der Waals surface area (Å²) in [5.41, 5.74) is 8.87. The van der Waals surface area contributed by atoms with Crippen molar-refractivity contribution in [1.29, 1.82) is 0 Å². The van der Waals surface area contributed by atoms with Crippen LogP contribution in [0.1, 0.15) is 19.3 Å². The van der Waals surface area contributed by atoms with E-state index in [1.807, 2.05) is 18.2 Å². The smallest absolute Gasteiger partial charge is 0.247 e. The quantitative estimate of drug-likeness (QED) is 0.821. The van der Waals surface area contributed by atoms with Crippen molar-refractivity contribution < 1.29 is 4.42 Å². The van der Waals surface area contributed by atoms with Gasteiger partial charge in [0.25, 0.3) is 0 Å². The van der Waals surface area contributed by atoms with E-state index in [0.717, 1.165) is 30.0 Å². The third kappa shape index (κ3) is 2.03. The van der Waals surface area contributed by atoms with Crippen LogP contribution in [-0.2, 0) is 0 Å². The summed E-state index contributed by atoms with van der Waals surface area (Å²) in [6.07, 6.45) is 5.12. The Bertz CT molecular complexity index is 518. The summed E-state index contributed by atoms with van der Waals surface area (Å²) in [5.74, 6) is 0.506. The van der Waals surface area contributed by atoms with Crippen molar-refractivity contribution in [3.05, 3.63) is 24.6 Å². The normalized spacial score (nSPS) is 15.9. The highest BCUT2D eigenvalue weighted by Crippen LogP contribution is 2.30. The molecule has 5 nitrogen and oxygen atoms in total. The van der Waals surface area contributed by atoms with E-state index in [-0.39, 0.29) is 0 Å². The van der Waals surface area contributed by atoms with Gasteiger partial charge in [-0.25, -0.2) is 0 Å². The Morgan fingerprint density at radius 2 is 2.00 bits per heavy atom.